The zero-order valence-electron chi connectivity index (χ0n) is 6.27. The minimum atomic E-state index is 0. The van der Waals surface area contributed by atoms with Gasteiger partial charge < -0.3 is 4.98 Å². The van der Waals surface area contributed by atoms with Crippen molar-refractivity contribution in [3.05, 3.63) is 37.1 Å². The van der Waals surface area contributed by atoms with Crippen LogP contribution in [-0.4, -0.2) is 15.0 Å². The number of pyridine rings is 1. The van der Waals surface area contributed by atoms with Gasteiger partial charge in [0, 0.05) is 24.2 Å². The van der Waals surface area contributed by atoms with E-state index in [4.69, 9.17) is 0 Å². The van der Waals surface area contributed by atoms with Gasteiger partial charge in [0.05, 0.1) is 12.0 Å². The molecule has 3 nitrogen and oxygen atoms in total. The molecular weight excluding hydrogens is 174 g/mol. The average molecular weight is 182 g/mol. The third-order valence-corrected chi connectivity index (χ3v) is 1.47. The van der Waals surface area contributed by atoms with Crippen molar-refractivity contribution in [3.8, 4) is 11.3 Å². The molecule has 0 aromatic carbocycles. The van der Waals surface area contributed by atoms with E-state index in [1.165, 1.54) is 0 Å². The zero-order chi connectivity index (χ0) is 7.52. The van der Waals surface area contributed by atoms with Gasteiger partial charge in [0.1, 0.15) is 0 Å². The molecule has 62 valence electrons. The van der Waals surface area contributed by atoms with Gasteiger partial charge in [-0.15, -0.1) is 12.4 Å². The van der Waals surface area contributed by atoms with Crippen LogP contribution in [0.2, 0.25) is 0 Å². The van der Waals surface area contributed by atoms with Crippen LogP contribution in [0.25, 0.3) is 11.3 Å². The Balaban J connectivity index is 0.000000720. The Morgan fingerprint density at radius 2 is 1.92 bits per heavy atom. The molecule has 0 spiro atoms. The minimum absolute atomic E-state index is 0. The van der Waals surface area contributed by atoms with Crippen LogP contribution in [0.3, 0.4) is 0 Å². The summed E-state index contributed by atoms with van der Waals surface area (Å²) in [6.45, 7) is 0. The predicted molar refractivity (Wildman–Crippen MR) is 49.1 cm³/mol. The number of hydrogen-bond donors (Lipinski definition) is 1. The Hall–Kier alpha value is -1.35. The van der Waals surface area contributed by atoms with Crippen molar-refractivity contribution in [2.24, 2.45) is 0 Å². The van der Waals surface area contributed by atoms with Crippen LogP contribution in [0.4, 0.5) is 0 Å². The van der Waals surface area contributed by atoms with Crippen LogP contribution in [0.15, 0.2) is 37.1 Å². The summed E-state index contributed by atoms with van der Waals surface area (Å²) in [7, 11) is 0. The zero-order valence-corrected chi connectivity index (χ0v) is 7.08. The molecule has 0 aliphatic heterocycles. The summed E-state index contributed by atoms with van der Waals surface area (Å²) in [5.74, 6) is 0. The molecule has 2 rings (SSSR count). The second-order valence-electron chi connectivity index (χ2n) is 2.19. The first-order valence-corrected chi connectivity index (χ1v) is 3.36. The van der Waals surface area contributed by atoms with E-state index in [1.54, 1.807) is 18.7 Å². The molecule has 12 heavy (non-hydrogen) atoms. The van der Waals surface area contributed by atoms with Crippen molar-refractivity contribution in [2.75, 3.05) is 0 Å². The summed E-state index contributed by atoms with van der Waals surface area (Å²) in [6.07, 6.45) is 7.03. The number of aromatic amines is 1. The van der Waals surface area contributed by atoms with Crippen LogP contribution in [0.1, 0.15) is 0 Å². The smallest absolute Gasteiger partial charge is 0.0927 e. The van der Waals surface area contributed by atoms with Gasteiger partial charge in [-0.05, 0) is 12.1 Å². The highest BCUT2D eigenvalue weighted by Crippen LogP contribution is 2.12. The van der Waals surface area contributed by atoms with Gasteiger partial charge in [0.15, 0.2) is 0 Å². The molecule has 0 fully saturated rings. The number of nitrogens with one attached hydrogen (secondary N) is 1. The highest BCUT2D eigenvalue weighted by atomic mass is 35.5. The second-order valence-corrected chi connectivity index (χ2v) is 2.19. The van der Waals surface area contributed by atoms with Gasteiger partial charge in [0.25, 0.3) is 0 Å². The fourth-order valence-electron chi connectivity index (χ4n) is 0.941. The third kappa shape index (κ3) is 1.62. The van der Waals surface area contributed by atoms with E-state index in [9.17, 15) is 0 Å². The molecule has 0 saturated heterocycles. The maximum absolute atomic E-state index is 4.10. The van der Waals surface area contributed by atoms with E-state index >= 15 is 0 Å². The van der Waals surface area contributed by atoms with E-state index in [-0.39, 0.29) is 12.4 Å². The van der Waals surface area contributed by atoms with Crippen molar-refractivity contribution < 1.29 is 0 Å². The van der Waals surface area contributed by atoms with Crippen LogP contribution in [0.5, 0.6) is 0 Å². The lowest BCUT2D eigenvalue weighted by Crippen LogP contribution is -1.76. The molecule has 0 amide bonds. The Kier molecular flexibility index (Phi) is 2.82. The summed E-state index contributed by atoms with van der Waals surface area (Å²) in [5, 5.41) is 0. The molecule has 0 radical (unpaired) electrons. The van der Waals surface area contributed by atoms with Crippen LogP contribution in [0, 0.1) is 0 Å². The molecule has 2 aromatic heterocycles. The first-order chi connectivity index (χ1) is 5.47. The van der Waals surface area contributed by atoms with Crippen molar-refractivity contribution in [1.29, 1.82) is 0 Å². The molecule has 4 heteroatoms. The number of rotatable bonds is 1. The fraction of sp³-hybridized carbons (Fsp3) is 0. The lowest BCUT2D eigenvalue weighted by atomic mass is 10.2. The van der Waals surface area contributed by atoms with Crippen molar-refractivity contribution in [3.63, 3.8) is 0 Å². The monoisotopic (exact) mass is 181 g/mol. The summed E-state index contributed by atoms with van der Waals surface area (Å²) in [6, 6.07) is 3.85. The van der Waals surface area contributed by atoms with Gasteiger partial charge in [-0.25, -0.2) is 4.98 Å². The molecule has 0 saturated carbocycles. The first-order valence-electron chi connectivity index (χ1n) is 3.36. The molecule has 0 unspecified atom stereocenters. The molecule has 2 heterocycles. The second kappa shape index (κ2) is 3.88. The van der Waals surface area contributed by atoms with E-state index < -0.39 is 0 Å². The lowest BCUT2D eigenvalue weighted by molar-refractivity contribution is 1.30. The standard InChI is InChI=1S/C8H7N3.ClH/c1-3-9-4-2-7(1)8-5-10-6-11-8;/h1-6H,(H,10,11);1H. The van der Waals surface area contributed by atoms with Crippen molar-refractivity contribution in [1.82, 2.24) is 15.0 Å². The van der Waals surface area contributed by atoms with E-state index in [0.717, 1.165) is 11.3 Å². The van der Waals surface area contributed by atoms with Crippen LogP contribution >= 0.6 is 12.4 Å². The van der Waals surface area contributed by atoms with Crippen LogP contribution < -0.4 is 0 Å². The van der Waals surface area contributed by atoms with E-state index in [1.807, 2.05) is 18.3 Å². The van der Waals surface area contributed by atoms with Crippen molar-refractivity contribution >= 4 is 12.4 Å². The SMILES string of the molecule is Cl.c1cc(-c2c[nH]cn2)ccn1. The van der Waals surface area contributed by atoms with Gasteiger partial charge in [0.2, 0.25) is 0 Å². The quantitative estimate of drug-likeness (QED) is 0.730. The number of hydrogen-bond acceptors (Lipinski definition) is 2. The number of halogens is 1. The molecule has 0 aliphatic rings. The summed E-state index contributed by atoms with van der Waals surface area (Å²) in [4.78, 5) is 10.9. The van der Waals surface area contributed by atoms with Gasteiger partial charge >= 0.3 is 0 Å². The number of imidazole rings is 1. The maximum Gasteiger partial charge on any atom is 0.0927 e. The predicted octanol–water partition coefficient (Wildman–Crippen LogP) is 1.89. The Labute approximate surface area is 76.3 Å². The average Bonchev–Trinajstić information content (AvgIpc) is 2.58. The van der Waals surface area contributed by atoms with Gasteiger partial charge in [-0.2, -0.15) is 0 Å². The first kappa shape index (κ1) is 8.74. The largest absolute Gasteiger partial charge is 0.351 e. The Morgan fingerprint density at radius 3 is 2.50 bits per heavy atom. The minimum Gasteiger partial charge on any atom is -0.351 e. The van der Waals surface area contributed by atoms with Gasteiger partial charge in [-0.1, -0.05) is 0 Å². The maximum atomic E-state index is 4.10. The highest BCUT2D eigenvalue weighted by Gasteiger charge is 1.95. The molecule has 2 aromatic rings. The lowest BCUT2D eigenvalue weighted by Gasteiger charge is -1.91. The van der Waals surface area contributed by atoms with E-state index in [0.29, 0.717) is 0 Å². The summed E-state index contributed by atoms with van der Waals surface area (Å²) >= 11 is 0. The summed E-state index contributed by atoms with van der Waals surface area (Å²) in [5.41, 5.74) is 2.04. The molecular formula is C8H8ClN3. The van der Waals surface area contributed by atoms with Gasteiger partial charge in [-0.3, -0.25) is 4.98 Å². The fourth-order valence-corrected chi connectivity index (χ4v) is 0.941. The number of aromatic nitrogens is 3. The molecule has 0 bridgehead atoms. The number of H-pyrrole nitrogens is 1. The van der Waals surface area contributed by atoms with Crippen LogP contribution in [-0.2, 0) is 0 Å². The number of nitrogens with zero attached hydrogens (tertiary/aromatic N) is 2. The summed E-state index contributed by atoms with van der Waals surface area (Å²) < 4.78 is 0. The molecule has 1 N–H and O–H groups in total. The normalized spacial score (nSPS) is 9.00. The van der Waals surface area contributed by atoms with Crippen molar-refractivity contribution in [2.45, 2.75) is 0 Å². The third-order valence-electron chi connectivity index (χ3n) is 1.47. The topological polar surface area (TPSA) is 41.6 Å². The van der Waals surface area contributed by atoms with E-state index in [2.05, 4.69) is 15.0 Å². The molecule has 0 aliphatic carbocycles. The molecule has 0 atom stereocenters. The highest BCUT2D eigenvalue weighted by molar-refractivity contribution is 5.85. The Morgan fingerprint density at radius 1 is 1.17 bits per heavy atom. The Bertz CT molecular complexity index is 317.